The molecule has 0 aromatic heterocycles. The van der Waals surface area contributed by atoms with Crippen LogP contribution in [0.1, 0.15) is 257 Å². The largest absolute Gasteiger partial charge is 0.492 e. The van der Waals surface area contributed by atoms with Crippen molar-refractivity contribution in [1.29, 1.82) is 0 Å². The smallest absolute Gasteiger partial charge is 0.209 e. The summed E-state index contributed by atoms with van der Waals surface area (Å²) < 4.78 is 152. The fourth-order valence-electron chi connectivity index (χ4n) is 11.3. The van der Waals surface area contributed by atoms with E-state index in [1.165, 1.54) is 80.0 Å². The molecule has 1 heterocycles. The normalized spacial score (nSPS) is 11.8. The maximum absolute atomic E-state index is 13.4. The van der Waals surface area contributed by atoms with Gasteiger partial charge in [-0.25, -0.2) is 52.7 Å². The molecule has 0 amide bonds. The van der Waals surface area contributed by atoms with E-state index < -0.39 is 10.0 Å². The Labute approximate surface area is 704 Å². The maximum Gasteiger partial charge on any atom is 0.209 e. The Morgan fingerprint density at radius 3 is 1.15 bits per heavy atom. The summed E-state index contributed by atoms with van der Waals surface area (Å²) in [6.07, 6.45) is 3.66. The Bertz CT molecular complexity index is 4260. The van der Waals surface area contributed by atoms with Crippen molar-refractivity contribution < 1.29 is 57.4 Å². The van der Waals surface area contributed by atoms with Crippen molar-refractivity contribution in [3.63, 3.8) is 0 Å². The lowest BCUT2D eigenvalue weighted by Gasteiger charge is -2.15. The molecule has 10 rings (SSSR count). The van der Waals surface area contributed by atoms with Gasteiger partial charge in [0.25, 0.3) is 0 Å². The summed E-state index contributed by atoms with van der Waals surface area (Å²) in [4.78, 5) is 6.51. The Kier molecular flexibility index (Phi) is 49.6. The molecule has 0 aliphatic carbocycles. The second-order valence-electron chi connectivity index (χ2n) is 33.1. The van der Waals surface area contributed by atoms with E-state index in [-0.39, 0.29) is 70.7 Å². The van der Waals surface area contributed by atoms with E-state index in [4.69, 9.17) is 9.47 Å². The highest BCUT2D eigenvalue weighted by molar-refractivity contribution is 7.88. The molecular weight excluding hydrogens is 1530 g/mol. The number of nitrogens with one attached hydrogen (secondary N) is 2. The molecule has 0 unspecified atom stereocenters. The second-order valence-corrected chi connectivity index (χ2v) is 35.0. The van der Waals surface area contributed by atoms with Gasteiger partial charge >= 0.3 is 0 Å². The molecule has 1 aliphatic heterocycles. The number of hydrogen-bond donors (Lipinski definition) is 2. The lowest BCUT2D eigenvalue weighted by atomic mass is 10.0. The van der Waals surface area contributed by atoms with Crippen molar-refractivity contribution in [2.24, 2.45) is 0 Å². The summed E-state index contributed by atoms with van der Waals surface area (Å²) in [5.41, 5.74) is 12.5. The molecule has 652 valence electrons. The topological polar surface area (TPSA) is 86.4 Å². The number of ether oxygens (including phenoxy) is 2. The number of anilines is 1. The summed E-state index contributed by atoms with van der Waals surface area (Å²) in [6, 6.07) is 50.2. The van der Waals surface area contributed by atoms with Crippen molar-refractivity contribution in [3.05, 3.63) is 301 Å². The molecule has 9 aromatic carbocycles. The highest BCUT2D eigenvalue weighted by Crippen LogP contribution is 2.27. The number of nitrogens with zero attached hydrogens (tertiary/aromatic N) is 3. The first-order valence-corrected chi connectivity index (χ1v) is 43.1. The van der Waals surface area contributed by atoms with E-state index in [0.29, 0.717) is 71.7 Å². The van der Waals surface area contributed by atoms with Crippen LogP contribution in [0.25, 0.3) is 0 Å². The lowest BCUT2D eigenvalue weighted by Crippen LogP contribution is -2.25. The SMILES string of the molecule is CC(C)c1cc(F)cc(CNS(C)(=O)=O)c1.CC(C)c1cc(F)cc(NCCN(C)C)c1.CC(C)c1cc(F)cc(OCCN(C)C)c1.CC(C)c1cc(F)cc(OCCN2CCCC2)c1.CC(C)c1ccc(F)cc1.CC(C)c1cccc(F)c1.CC(C)c1ccccc1F.Cc1cc(F)cc(C(C)C)c1.Cc1cc(F)cc(C(C)C)c1. The van der Waals surface area contributed by atoms with Gasteiger partial charge < -0.3 is 24.6 Å². The van der Waals surface area contributed by atoms with E-state index >= 15 is 0 Å². The molecule has 0 atom stereocenters. The molecule has 0 spiro atoms. The number of rotatable bonds is 24. The van der Waals surface area contributed by atoms with Crippen LogP contribution in [0.4, 0.5) is 45.2 Å². The number of aryl methyl sites for hydroxylation is 2. The number of sulfonamides is 1. The first-order chi connectivity index (χ1) is 55.2. The number of hydrogen-bond acceptors (Lipinski definition) is 8. The van der Waals surface area contributed by atoms with E-state index in [1.807, 2.05) is 155 Å². The molecule has 118 heavy (non-hydrogen) atoms. The molecule has 9 nitrogen and oxygen atoms in total. The van der Waals surface area contributed by atoms with Gasteiger partial charge in [-0.2, -0.15) is 0 Å². The number of benzene rings is 9. The Hall–Kier alpha value is -8.46. The predicted molar refractivity (Wildman–Crippen MR) is 478 cm³/mol. The molecule has 0 saturated carbocycles. The minimum atomic E-state index is -3.24. The molecule has 1 saturated heterocycles. The Balaban J connectivity index is 0.000000454. The average molecular weight is 1670 g/mol. The van der Waals surface area contributed by atoms with Crippen LogP contribution >= 0.6 is 0 Å². The van der Waals surface area contributed by atoms with E-state index in [9.17, 15) is 47.9 Å². The first-order valence-electron chi connectivity index (χ1n) is 41.2. The predicted octanol–water partition coefficient (Wildman–Crippen LogP) is 26.6. The van der Waals surface area contributed by atoms with E-state index in [1.54, 1.807) is 66.7 Å². The van der Waals surface area contributed by atoms with Crippen molar-refractivity contribution >= 4 is 15.7 Å². The van der Waals surface area contributed by atoms with Gasteiger partial charge in [0.15, 0.2) is 0 Å². The minimum Gasteiger partial charge on any atom is -0.492 e. The maximum atomic E-state index is 13.4. The van der Waals surface area contributed by atoms with Crippen LogP contribution < -0.4 is 19.5 Å². The summed E-state index contributed by atoms with van der Waals surface area (Å²) in [5.74, 6) is 2.84. The average Bonchev–Trinajstić information content (AvgIpc) is 1.13. The van der Waals surface area contributed by atoms with Crippen molar-refractivity contribution in [2.75, 3.05) is 92.2 Å². The van der Waals surface area contributed by atoms with Gasteiger partial charge in [0.2, 0.25) is 10.0 Å². The van der Waals surface area contributed by atoms with Gasteiger partial charge in [-0.3, -0.25) is 4.90 Å². The van der Waals surface area contributed by atoms with Gasteiger partial charge in [0.1, 0.15) is 77.1 Å². The molecule has 9 aromatic rings. The van der Waals surface area contributed by atoms with Crippen LogP contribution in [0, 0.1) is 66.2 Å². The van der Waals surface area contributed by atoms with Crippen LogP contribution in [-0.2, 0) is 16.6 Å². The minimum absolute atomic E-state index is 0.0995. The molecular formula is C99H138F9N5O4S. The van der Waals surface area contributed by atoms with Gasteiger partial charge in [0, 0.05) is 50.5 Å². The third-order valence-electron chi connectivity index (χ3n) is 18.5. The molecule has 0 bridgehead atoms. The number of likely N-dealkylation sites (N-methyl/N-ethyl adjacent to an activating group) is 2. The standard InChI is InChI=1S/C15H22FNO.C13H21FN2.C13H20FNO.C11H16FNO2S.2C10H13F.3C9H11F/c1-12(2)13-9-14(16)11-15(10-13)18-8-7-17-5-3-4-6-17;1-10(2)11-7-12(14)9-13(8-11)15-5-6-16(3)4;1-10(2)11-7-12(14)9-13(8-11)16-6-5-15(3)4;1-8(2)10-4-9(5-11(12)6-10)7-13-16(3,14)15;2*1-7(2)9-4-8(3)5-10(11)6-9;1-7(2)8-3-5-9(10)6-4-8;1-7(2)8-4-3-5-9(10)6-8;1-7(2)8-5-3-4-6-9(8)10/h9-12H,3-8H2,1-2H3;7-10,15H,5-6H2,1-4H3;7-10H,5-6H2,1-4H3;4-6,8,13H,7H2,1-3H3;2*4-7H,1-3H3;3*3-7H,1-2H3. The molecule has 1 aliphatic rings. The van der Waals surface area contributed by atoms with Crippen LogP contribution in [0.2, 0.25) is 0 Å². The van der Waals surface area contributed by atoms with E-state index in [2.05, 4.69) is 103 Å². The first kappa shape index (κ1) is 106. The number of halogens is 9. The fraction of sp³-hybridized carbons (Fsp3) is 0.455. The van der Waals surface area contributed by atoms with Gasteiger partial charge in [0.05, 0.1) is 6.26 Å². The van der Waals surface area contributed by atoms with Crippen LogP contribution in [0.5, 0.6) is 11.5 Å². The zero-order valence-electron chi connectivity index (χ0n) is 75.1. The highest BCUT2D eigenvalue weighted by Gasteiger charge is 2.14. The molecule has 2 N–H and O–H groups in total. The van der Waals surface area contributed by atoms with Gasteiger partial charge in [-0.05, 0) is 297 Å². The zero-order chi connectivity index (χ0) is 89.1. The monoisotopic (exact) mass is 1660 g/mol. The van der Waals surface area contributed by atoms with Crippen molar-refractivity contribution in [1.82, 2.24) is 19.4 Å². The summed E-state index contributed by atoms with van der Waals surface area (Å²) in [5, 5.41) is 3.23. The Morgan fingerprint density at radius 2 is 0.763 bits per heavy atom. The molecule has 0 radical (unpaired) electrons. The third-order valence-corrected chi connectivity index (χ3v) is 19.2. The third kappa shape index (κ3) is 46.8. The lowest BCUT2D eigenvalue weighted by molar-refractivity contribution is 0.237. The fourth-order valence-corrected chi connectivity index (χ4v) is 11.7. The summed E-state index contributed by atoms with van der Waals surface area (Å²) >= 11 is 0. The van der Waals surface area contributed by atoms with Gasteiger partial charge in [-0.1, -0.05) is 185 Å². The zero-order valence-corrected chi connectivity index (χ0v) is 75.9. The van der Waals surface area contributed by atoms with Crippen LogP contribution in [-0.4, -0.2) is 110 Å². The van der Waals surface area contributed by atoms with Crippen LogP contribution in [0.15, 0.2) is 182 Å². The molecule has 1 fully saturated rings. The Morgan fingerprint density at radius 1 is 0.373 bits per heavy atom. The van der Waals surface area contributed by atoms with Crippen molar-refractivity contribution in [2.45, 2.75) is 211 Å². The summed E-state index contributed by atoms with van der Waals surface area (Å²) in [6.45, 7) is 47.8. The quantitative estimate of drug-likeness (QED) is 0.0579. The van der Waals surface area contributed by atoms with Gasteiger partial charge in [-0.15, -0.1) is 0 Å². The van der Waals surface area contributed by atoms with Crippen molar-refractivity contribution in [3.8, 4) is 11.5 Å². The highest BCUT2D eigenvalue weighted by atomic mass is 32.2. The number of likely N-dealkylation sites (tertiary alicyclic amines) is 1. The summed E-state index contributed by atoms with van der Waals surface area (Å²) in [7, 11) is 4.76. The second kappa shape index (κ2) is 55.4. The van der Waals surface area contributed by atoms with Crippen LogP contribution in [0.3, 0.4) is 0 Å². The van der Waals surface area contributed by atoms with E-state index in [0.717, 1.165) is 93.8 Å². The molecule has 19 heteroatoms.